The van der Waals surface area contributed by atoms with Crippen molar-refractivity contribution in [2.75, 3.05) is 6.54 Å². The number of carbonyl (C=O) groups excluding carboxylic acids is 3. The van der Waals surface area contributed by atoms with Crippen LogP contribution in [0.4, 0.5) is 0 Å². The van der Waals surface area contributed by atoms with Gasteiger partial charge < -0.3 is 5.11 Å². The van der Waals surface area contributed by atoms with E-state index in [1.54, 1.807) is 24.3 Å². The first kappa shape index (κ1) is 17.3. The number of hydrogen-bond acceptors (Lipinski definition) is 5. The number of carbonyl (C=O) groups is 3. The van der Waals surface area contributed by atoms with Crippen LogP contribution in [-0.4, -0.2) is 46.6 Å². The fraction of sp³-hybridized carbons (Fsp3) is 0.200. The highest BCUT2D eigenvalue weighted by atomic mass is 16.4. The molecule has 0 aliphatic rings. The second kappa shape index (κ2) is 8.48. The van der Waals surface area contributed by atoms with E-state index in [1.807, 2.05) is 6.07 Å². The van der Waals surface area contributed by atoms with Crippen molar-refractivity contribution in [1.82, 2.24) is 10.4 Å². The van der Waals surface area contributed by atoms with Crippen LogP contribution in [0, 0.1) is 0 Å². The van der Waals surface area contributed by atoms with Crippen LogP contribution in [-0.2, 0) is 19.2 Å². The van der Waals surface area contributed by atoms with Crippen LogP contribution in [0.3, 0.4) is 0 Å². The van der Waals surface area contributed by atoms with Crippen molar-refractivity contribution >= 4 is 30.0 Å². The van der Waals surface area contributed by atoms with Crippen LogP contribution in [0.25, 0.3) is 6.08 Å². The van der Waals surface area contributed by atoms with Crippen LogP contribution in [0.1, 0.15) is 12.5 Å². The molecule has 22 heavy (non-hydrogen) atoms. The van der Waals surface area contributed by atoms with E-state index in [1.165, 1.54) is 12.4 Å². The highest BCUT2D eigenvalue weighted by molar-refractivity contribution is 6.08. The van der Waals surface area contributed by atoms with Gasteiger partial charge in [0.25, 0.3) is 0 Å². The van der Waals surface area contributed by atoms with E-state index >= 15 is 0 Å². The normalized spacial score (nSPS) is 11.9. The minimum atomic E-state index is -1.54. The smallest absolute Gasteiger partial charge is 0.319 e. The topological polar surface area (TPSA) is 104 Å². The quantitative estimate of drug-likeness (QED) is 0.403. The zero-order valence-corrected chi connectivity index (χ0v) is 11.9. The third-order valence-electron chi connectivity index (χ3n) is 2.62. The third-order valence-corrected chi connectivity index (χ3v) is 2.62. The average molecular weight is 303 g/mol. The minimum Gasteiger partial charge on any atom is -0.480 e. The van der Waals surface area contributed by atoms with Crippen molar-refractivity contribution in [1.29, 1.82) is 0 Å². The average Bonchev–Trinajstić information content (AvgIpc) is 2.49. The molecule has 0 aromatic heterocycles. The zero-order chi connectivity index (χ0) is 16.5. The summed E-state index contributed by atoms with van der Waals surface area (Å²) in [6.07, 6.45) is 4.07. The lowest BCUT2D eigenvalue weighted by molar-refractivity contribution is -0.142. The van der Waals surface area contributed by atoms with Gasteiger partial charge in [-0.05, 0) is 11.6 Å². The summed E-state index contributed by atoms with van der Waals surface area (Å²) in [4.78, 5) is 45.0. The van der Waals surface area contributed by atoms with Crippen LogP contribution >= 0.6 is 0 Å². The monoisotopic (exact) mass is 303 g/mol. The summed E-state index contributed by atoms with van der Waals surface area (Å²) in [5.41, 5.74) is 2.96. The molecule has 0 saturated heterocycles. The lowest BCUT2D eigenvalue weighted by Crippen LogP contribution is -2.53. The predicted molar refractivity (Wildman–Crippen MR) is 78.1 cm³/mol. The summed E-state index contributed by atoms with van der Waals surface area (Å²) in [7, 11) is 0. The van der Waals surface area contributed by atoms with Crippen LogP contribution in [0.15, 0.2) is 36.4 Å². The van der Waals surface area contributed by atoms with Gasteiger partial charge in [-0.15, -0.1) is 0 Å². The van der Waals surface area contributed by atoms with Gasteiger partial charge >= 0.3 is 5.97 Å². The van der Waals surface area contributed by atoms with E-state index in [4.69, 9.17) is 5.11 Å². The molecule has 1 unspecified atom stereocenters. The molecule has 7 nitrogen and oxygen atoms in total. The van der Waals surface area contributed by atoms with Crippen LogP contribution in [0.5, 0.6) is 0 Å². The Morgan fingerprint density at radius 3 is 2.45 bits per heavy atom. The van der Waals surface area contributed by atoms with E-state index in [9.17, 15) is 19.2 Å². The highest BCUT2D eigenvalue weighted by Gasteiger charge is 2.27. The van der Waals surface area contributed by atoms with Crippen molar-refractivity contribution in [3.8, 4) is 0 Å². The Labute approximate surface area is 127 Å². The second-order valence-electron chi connectivity index (χ2n) is 4.28. The van der Waals surface area contributed by atoms with E-state index in [2.05, 4.69) is 5.43 Å². The van der Waals surface area contributed by atoms with Gasteiger partial charge in [0.2, 0.25) is 12.2 Å². The minimum absolute atomic E-state index is 0.604. The molecule has 1 radical (unpaired) electrons. The second-order valence-corrected chi connectivity index (χ2v) is 4.28. The molecule has 0 bridgehead atoms. The molecule has 2 N–H and O–H groups in total. The van der Waals surface area contributed by atoms with Crippen molar-refractivity contribution < 1.29 is 24.3 Å². The first-order valence-corrected chi connectivity index (χ1v) is 6.35. The molecule has 0 saturated carbocycles. The van der Waals surface area contributed by atoms with Crippen LogP contribution < -0.4 is 5.43 Å². The largest absolute Gasteiger partial charge is 0.480 e. The Bertz CT molecular complexity index is 583. The molecule has 0 spiro atoms. The number of amides is 1. The summed E-state index contributed by atoms with van der Waals surface area (Å²) in [6, 6.07) is 7.35. The SMILES string of the molecule is CC(=O)N(NCC(=O)O)C([C]=O)C(=O)C=Cc1ccccc1. The van der Waals surface area contributed by atoms with E-state index in [0.29, 0.717) is 5.01 Å². The van der Waals surface area contributed by atoms with E-state index < -0.39 is 30.2 Å². The number of nitrogens with zero attached hydrogens (tertiary/aromatic N) is 1. The van der Waals surface area contributed by atoms with Crippen molar-refractivity contribution in [2.45, 2.75) is 13.0 Å². The standard InChI is InChI=1S/C15H15N2O5/c1-11(19)17(16-9-15(21)22)13(10-18)14(20)8-7-12-5-3-2-4-6-12/h2-8,13,16H,9H2,1H3,(H,21,22). The zero-order valence-electron chi connectivity index (χ0n) is 11.9. The van der Waals surface area contributed by atoms with Gasteiger partial charge in [-0.2, -0.15) is 0 Å². The Morgan fingerprint density at radius 2 is 1.95 bits per heavy atom. The van der Waals surface area contributed by atoms with Gasteiger partial charge in [-0.1, -0.05) is 36.4 Å². The fourth-order valence-electron chi connectivity index (χ4n) is 1.61. The number of carboxylic acids is 1. The van der Waals surface area contributed by atoms with Gasteiger partial charge in [-0.3, -0.25) is 24.2 Å². The summed E-state index contributed by atoms with van der Waals surface area (Å²) in [6.45, 7) is 0.501. The molecule has 1 atom stereocenters. The van der Waals surface area contributed by atoms with E-state index in [-0.39, 0.29) is 0 Å². The summed E-state index contributed by atoms with van der Waals surface area (Å²) in [5.74, 6) is -2.59. The molecule has 7 heteroatoms. The lowest BCUT2D eigenvalue weighted by Gasteiger charge is -2.24. The maximum absolute atomic E-state index is 12.0. The number of nitrogens with one attached hydrogen (secondary N) is 1. The van der Waals surface area contributed by atoms with E-state index in [0.717, 1.165) is 18.6 Å². The molecule has 1 rings (SSSR count). The Kier molecular flexibility index (Phi) is 6.65. The van der Waals surface area contributed by atoms with Crippen molar-refractivity contribution in [3.05, 3.63) is 42.0 Å². The van der Waals surface area contributed by atoms with Gasteiger partial charge in [0.1, 0.15) is 6.54 Å². The number of rotatable bonds is 8. The Hall–Kier alpha value is -2.80. The fourth-order valence-corrected chi connectivity index (χ4v) is 1.61. The number of hydrogen-bond donors (Lipinski definition) is 2. The molecule has 1 aromatic carbocycles. The lowest BCUT2D eigenvalue weighted by atomic mass is 10.1. The van der Waals surface area contributed by atoms with Crippen molar-refractivity contribution in [2.24, 2.45) is 0 Å². The Balaban J connectivity index is 2.84. The molecular weight excluding hydrogens is 288 g/mol. The molecule has 1 amide bonds. The molecule has 115 valence electrons. The molecule has 0 heterocycles. The number of carboxylic acid groups (broad SMARTS) is 1. The molecular formula is C15H15N2O5. The summed E-state index contributed by atoms with van der Waals surface area (Å²) >= 11 is 0. The van der Waals surface area contributed by atoms with Gasteiger partial charge in [-0.25, -0.2) is 5.43 Å². The highest BCUT2D eigenvalue weighted by Crippen LogP contribution is 2.04. The molecule has 0 fully saturated rings. The summed E-state index contributed by atoms with van der Waals surface area (Å²) < 4.78 is 0. The predicted octanol–water partition coefficient (Wildman–Crippen LogP) is 0.185. The number of aliphatic carboxylic acids is 1. The molecule has 0 aliphatic carbocycles. The maximum atomic E-state index is 12.0. The molecule has 1 aromatic rings. The number of hydrazine groups is 1. The Morgan fingerprint density at radius 1 is 1.32 bits per heavy atom. The maximum Gasteiger partial charge on any atom is 0.319 e. The number of benzene rings is 1. The molecule has 0 aliphatic heterocycles. The van der Waals surface area contributed by atoms with Crippen molar-refractivity contribution in [3.63, 3.8) is 0 Å². The van der Waals surface area contributed by atoms with Gasteiger partial charge in [0, 0.05) is 6.92 Å². The third kappa shape index (κ3) is 5.29. The van der Waals surface area contributed by atoms with Crippen LogP contribution in [0.2, 0.25) is 0 Å². The van der Waals surface area contributed by atoms with Gasteiger partial charge in [0.15, 0.2) is 11.8 Å². The summed E-state index contributed by atoms with van der Waals surface area (Å²) in [5, 5.41) is 9.24. The first-order chi connectivity index (χ1) is 10.5. The van der Waals surface area contributed by atoms with Gasteiger partial charge in [0.05, 0.1) is 0 Å². The number of ketones is 1. The first-order valence-electron chi connectivity index (χ1n) is 6.35.